The summed E-state index contributed by atoms with van der Waals surface area (Å²) in [6.07, 6.45) is 5.03. The average Bonchev–Trinajstić information content (AvgIpc) is 3.45. The molecule has 0 bridgehead atoms. The molecule has 1 aromatic carbocycles. The van der Waals surface area contributed by atoms with E-state index < -0.39 is 0 Å². The first-order valence-electron chi connectivity index (χ1n) is 10.8. The number of anilines is 1. The van der Waals surface area contributed by atoms with Crippen molar-refractivity contribution in [2.75, 3.05) is 5.73 Å². The zero-order valence-electron chi connectivity index (χ0n) is 18.2. The molecule has 2 N–H and O–H groups in total. The van der Waals surface area contributed by atoms with Gasteiger partial charge >= 0.3 is 0 Å². The molecule has 0 aliphatic heterocycles. The van der Waals surface area contributed by atoms with Crippen molar-refractivity contribution in [1.29, 1.82) is 0 Å². The lowest BCUT2D eigenvalue weighted by atomic mass is 10.1. The van der Waals surface area contributed by atoms with Gasteiger partial charge in [0.1, 0.15) is 28.7 Å². The minimum atomic E-state index is -0.340. The number of halogens is 1. The van der Waals surface area contributed by atoms with Crippen LogP contribution in [0, 0.1) is 5.82 Å². The molecule has 6 rings (SSSR count). The molecule has 0 amide bonds. The van der Waals surface area contributed by atoms with E-state index in [2.05, 4.69) is 15.1 Å². The zero-order valence-corrected chi connectivity index (χ0v) is 18.2. The third-order valence-electron chi connectivity index (χ3n) is 5.57. The molecule has 9 nitrogen and oxygen atoms in total. The minimum Gasteiger partial charge on any atom is -0.382 e. The summed E-state index contributed by atoms with van der Waals surface area (Å²) in [5.41, 5.74) is 10.7. The van der Waals surface area contributed by atoms with Crippen molar-refractivity contribution in [2.24, 2.45) is 0 Å². The number of nitrogen functional groups attached to an aromatic ring is 1. The number of imidazole rings is 2. The summed E-state index contributed by atoms with van der Waals surface area (Å²) < 4.78 is 16.8. The molecular weight excluding hydrogens is 447 g/mol. The van der Waals surface area contributed by atoms with E-state index in [4.69, 9.17) is 15.8 Å². The zero-order chi connectivity index (χ0) is 23.9. The number of nitrogens with zero attached hydrogens (tertiary/aromatic N) is 7. The topological polar surface area (TPSA) is 116 Å². The number of Topliss-reactive ketones (excluding diaryl/α,β-unsaturated/α-hetero) is 1. The Kier molecular flexibility index (Phi) is 4.77. The van der Waals surface area contributed by atoms with Crippen LogP contribution in [0.1, 0.15) is 16.1 Å². The van der Waals surface area contributed by atoms with Crippen LogP contribution in [0.15, 0.2) is 79.3 Å². The number of ketones is 1. The largest absolute Gasteiger partial charge is 0.382 e. The first-order chi connectivity index (χ1) is 17.0. The lowest BCUT2D eigenvalue weighted by Crippen LogP contribution is -2.03. The number of benzene rings is 1. The van der Waals surface area contributed by atoms with Crippen molar-refractivity contribution in [3.63, 3.8) is 0 Å². The molecule has 0 saturated carbocycles. The number of carbonyl (C=O) groups is 1. The molecule has 0 aliphatic carbocycles. The van der Waals surface area contributed by atoms with E-state index in [1.807, 2.05) is 6.07 Å². The quantitative estimate of drug-likeness (QED) is 0.387. The van der Waals surface area contributed by atoms with Gasteiger partial charge < -0.3 is 5.73 Å². The number of fused-ring (bicyclic) bond motifs is 2. The molecule has 0 fully saturated rings. The Balaban J connectivity index is 1.45. The summed E-state index contributed by atoms with van der Waals surface area (Å²) in [6.45, 7) is 0. The molecule has 10 heteroatoms. The average molecular weight is 464 g/mol. The van der Waals surface area contributed by atoms with Crippen LogP contribution in [0.4, 0.5) is 10.2 Å². The maximum absolute atomic E-state index is 13.6. The second kappa shape index (κ2) is 8.10. The number of carbonyl (C=O) groups excluding carboxylic acids is 1. The van der Waals surface area contributed by atoms with Crippen LogP contribution in [-0.2, 0) is 6.42 Å². The Morgan fingerprint density at radius 1 is 0.886 bits per heavy atom. The maximum atomic E-state index is 13.6. The van der Waals surface area contributed by atoms with Crippen LogP contribution >= 0.6 is 0 Å². The molecule has 0 unspecified atom stereocenters. The highest BCUT2D eigenvalue weighted by molar-refractivity contribution is 5.97. The first-order valence-corrected chi connectivity index (χ1v) is 10.8. The molecule has 35 heavy (non-hydrogen) atoms. The van der Waals surface area contributed by atoms with Gasteiger partial charge in [-0.1, -0.05) is 0 Å². The van der Waals surface area contributed by atoms with E-state index in [0.29, 0.717) is 51.0 Å². The number of aromatic nitrogens is 7. The molecular formula is C25H17FN8O. The van der Waals surface area contributed by atoms with Gasteiger partial charge in [-0.2, -0.15) is 5.10 Å². The Bertz CT molecular complexity index is 1710. The highest BCUT2D eigenvalue weighted by Gasteiger charge is 2.20. The van der Waals surface area contributed by atoms with Crippen LogP contribution in [0.3, 0.4) is 0 Å². The second-order valence-electron chi connectivity index (χ2n) is 7.93. The number of hydrogen-bond donors (Lipinski definition) is 1. The Morgan fingerprint density at radius 3 is 2.46 bits per heavy atom. The van der Waals surface area contributed by atoms with Crippen LogP contribution < -0.4 is 5.73 Å². The fourth-order valence-electron chi connectivity index (χ4n) is 3.93. The molecule has 170 valence electrons. The van der Waals surface area contributed by atoms with Gasteiger partial charge in [-0.3, -0.25) is 9.78 Å². The molecule has 0 saturated heterocycles. The van der Waals surface area contributed by atoms with E-state index in [9.17, 15) is 9.18 Å². The number of hydrogen-bond acceptors (Lipinski definition) is 7. The summed E-state index contributed by atoms with van der Waals surface area (Å²) in [4.78, 5) is 25.8. The number of pyridine rings is 1. The SMILES string of the molecule is Nc1ccc2nc(-c3ccc(F)cc3)c(-c3ccc4nc(CC(=O)c5ccncc5)cn4n3)n2n1. The van der Waals surface area contributed by atoms with Crippen molar-refractivity contribution in [3.05, 3.63) is 96.3 Å². The summed E-state index contributed by atoms with van der Waals surface area (Å²) in [7, 11) is 0. The third kappa shape index (κ3) is 3.76. The lowest BCUT2D eigenvalue weighted by Gasteiger charge is -2.05. The van der Waals surface area contributed by atoms with E-state index >= 15 is 0 Å². The summed E-state index contributed by atoms with van der Waals surface area (Å²) >= 11 is 0. The third-order valence-corrected chi connectivity index (χ3v) is 5.57. The Hall–Kier alpha value is -4.99. The van der Waals surface area contributed by atoms with Crippen LogP contribution in [0.2, 0.25) is 0 Å². The first kappa shape index (κ1) is 20.6. The number of nitrogens with two attached hydrogens (primary N) is 1. The maximum Gasteiger partial charge on any atom is 0.168 e. The molecule has 0 aliphatic rings. The van der Waals surface area contributed by atoms with Crippen molar-refractivity contribution < 1.29 is 9.18 Å². The fraction of sp³-hybridized carbons (Fsp3) is 0.0400. The predicted octanol–water partition coefficient (Wildman–Crippen LogP) is 3.65. The number of rotatable bonds is 5. The summed E-state index contributed by atoms with van der Waals surface area (Å²) in [6, 6.07) is 16.5. The van der Waals surface area contributed by atoms with Gasteiger partial charge in [-0.25, -0.2) is 23.4 Å². The molecule has 0 atom stereocenters. The highest BCUT2D eigenvalue weighted by atomic mass is 19.1. The van der Waals surface area contributed by atoms with Crippen molar-refractivity contribution in [3.8, 4) is 22.6 Å². The smallest absolute Gasteiger partial charge is 0.168 e. The molecule has 6 aromatic rings. The molecule has 0 spiro atoms. The van der Waals surface area contributed by atoms with Crippen LogP contribution in [-0.4, -0.2) is 40.0 Å². The molecule has 5 heterocycles. The van der Waals surface area contributed by atoms with Crippen molar-refractivity contribution in [1.82, 2.24) is 34.2 Å². The van der Waals surface area contributed by atoms with Gasteiger partial charge in [-0.15, -0.1) is 5.10 Å². The molecule has 5 aromatic heterocycles. The van der Waals surface area contributed by atoms with E-state index in [1.54, 1.807) is 70.1 Å². The van der Waals surface area contributed by atoms with Gasteiger partial charge in [-0.05, 0) is 60.7 Å². The predicted molar refractivity (Wildman–Crippen MR) is 127 cm³/mol. The van der Waals surface area contributed by atoms with Crippen molar-refractivity contribution in [2.45, 2.75) is 6.42 Å². The summed E-state index contributed by atoms with van der Waals surface area (Å²) in [5, 5.41) is 9.14. The minimum absolute atomic E-state index is 0.0592. The van der Waals surface area contributed by atoms with Crippen LogP contribution in [0.25, 0.3) is 33.9 Å². The van der Waals surface area contributed by atoms with Gasteiger partial charge in [0.25, 0.3) is 0 Å². The van der Waals surface area contributed by atoms with Gasteiger partial charge in [0, 0.05) is 23.5 Å². The highest BCUT2D eigenvalue weighted by Crippen LogP contribution is 2.31. The Morgan fingerprint density at radius 2 is 1.66 bits per heavy atom. The van der Waals surface area contributed by atoms with E-state index in [0.717, 1.165) is 0 Å². The van der Waals surface area contributed by atoms with Crippen molar-refractivity contribution >= 4 is 22.9 Å². The summed E-state index contributed by atoms with van der Waals surface area (Å²) in [5.74, 6) is -0.0771. The standard InChI is InChI=1S/C25H17FN8O/c26-17-3-1-16(2-4-17)24-25(34-23(30-24)8-6-21(27)32-34)19-5-7-22-29-18(14-33(22)31-19)13-20(35)15-9-11-28-12-10-15/h1-12,14H,13H2,(H2,27,32). The second-order valence-corrected chi connectivity index (χ2v) is 7.93. The van der Waals surface area contributed by atoms with E-state index in [-0.39, 0.29) is 18.0 Å². The van der Waals surface area contributed by atoms with Crippen LogP contribution in [0.5, 0.6) is 0 Å². The lowest BCUT2D eigenvalue weighted by molar-refractivity contribution is 0.0992. The van der Waals surface area contributed by atoms with Gasteiger partial charge in [0.15, 0.2) is 17.1 Å². The Labute approximate surface area is 197 Å². The van der Waals surface area contributed by atoms with Gasteiger partial charge in [0.05, 0.1) is 18.3 Å². The monoisotopic (exact) mass is 464 g/mol. The fourth-order valence-corrected chi connectivity index (χ4v) is 3.93. The molecule has 0 radical (unpaired) electrons. The normalized spacial score (nSPS) is 11.3. The van der Waals surface area contributed by atoms with E-state index in [1.165, 1.54) is 12.1 Å². The van der Waals surface area contributed by atoms with Gasteiger partial charge in [0.2, 0.25) is 0 Å².